The van der Waals surface area contributed by atoms with Gasteiger partial charge in [-0.15, -0.1) is 0 Å². The second-order valence-corrected chi connectivity index (χ2v) is 7.52. The van der Waals surface area contributed by atoms with Gasteiger partial charge in [-0.1, -0.05) is 44.2 Å². The van der Waals surface area contributed by atoms with Crippen molar-refractivity contribution in [1.29, 1.82) is 5.26 Å². The van der Waals surface area contributed by atoms with Gasteiger partial charge < -0.3 is 9.64 Å². The molecule has 0 aliphatic heterocycles. The first-order valence-electron chi connectivity index (χ1n) is 9.73. The van der Waals surface area contributed by atoms with E-state index in [1.165, 1.54) is 0 Å². The smallest absolute Gasteiger partial charge is 0.257 e. The Morgan fingerprint density at radius 2 is 1.86 bits per heavy atom. The van der Waals surface area contributed by atoms with Gasteiger partial charge in [0.15, 0.2) is 5.11 Å². The molecule has 0 aliphatic rings. The third kappa shape index (κ3) is 7.92. The van der Waals surface area contributed by atoms with Gasteiger partial charge in [-0.05, 0) is 54.4 Å². The highest BCUT2D eigenvalue weighted by molar-refractivity contribution is 7.80. The molecule has 29 heavy (non-hydrogen) atoms. The Morgan fingerprint density at radius 1 is 1.17 bits per heavy atom. The molecule has 0 spiro atoms. The Morgan fingerprint density at radius 3 is 2.48 bits per heavy atom. The number of hydrogen-bond acceptors (Lipinski definition) is 4. The van der Waals surface area contributed by atoms with Gasteiger partial charge in [0.25, 0.3) is 5.91 Å². The number of carbonyl (C=O) groups is 1. The maximum absolute atomic E-state index is 12.6. The van der Waals surface area contributed by atoms with Crippen molar-refractivity contribution in [2.75, 3.05) is 13.2 Å². The number of nitrogens with zero attached hydrogens (tertiary/aromatic N) is 2. The summed E-state index contributed by atoms with van der Waals surface area (Å²) in [4.78, 5) is 14.4. The van der Waals surface area contributed by atoms with E-state index in [0.717, 1.165) is 17.7 Å². The first kappa shape index (κ1) is 22.4. The summed E-state index contributed by atoms with van der Waals surface area (Å²) in [6, 6.07) is 19.0. The average Bonchev–Trinajstić information content (AvgIpc) is 2.72. The summed E-state index contributed by atoms with van der Waals surface area (Å²) in [7, 11) is 0. The van der Waals surface area contributed by atoms with Crippen LogP contribution >= 0.6 is 12.2 Å². The molecule has 0 aliphatic carbocycles. The molecule has 0 radical (unpaired) electrons. The largest absolute Gasteiger partial charge is 0.494 e. The Bertz CT molecular complexity index is 829. The third-order valence-corrected chi connectivity index (χ3v) is 4.66. The molecule has 0 unspecified atom stereocenters. The van der Waals surface area contributed by atoms with Crippen molar-refractivity contribution < 1.29 is 9.53 Å². The lowest BCUT2D eigenvalue weighted by atomic mass is 10.1. The average molecular weight is 410 g/mol. The quantitative estimate of drug-likeness (QED) is 0.616. The first-order valence-corrected chi connectivity index (χ1v) is 10.1. The molecule has 0 atom stereocenters. The number of rotatable bonds is 9. The molecule has 0 saturated carbocycles. The minimum Gasteiger partial charge on any atom is -0.494 e. The Balaban J connectivity index is 1.95. The van der Waals surface area contributed by atoms with Crippen LogP contribution in [0, 0.1) is 17.2 Å². The van der Waals surface area contributed by atoms with Crippen LogP contribution < -0.4 is 10.1 Å². The van der Waals surface area contributed by atoms with Crippen LogP contribution in [-0.2, 0) is 6.54 Å². The summed E-state index contributed by atoms with van der Waals surface area (Å²) in [6.45, 7) is 5.94. The van der Waals surface area contributed by atoms with Gasteiger partial charge in [-0.2, -0.15) is 5.26 Å². The predicted molar refractivity (Wildman–Crippen MR) is 119 cm³/mol. The Hall–Kier alpha value is -2.91. The molecule has 0 bridgehead atoms. The van der Waals surface area contributed by atoms with E-state index in [1.807, 2.05) is 35.2 Å². The molecular formula is C23H27N3O2S. The SMILES string of the molecule is CC(C)CCOc1ccc(C(=O)NC(=S)N(CCC#N)Cc2ccccc2)cc1. The van der Waals surface area contributed by atoms with Gasteiger partial charge in [0.1, 0.15) is 5.75 Å². The minimum absolute atomic E-state index is 0.279. The summed E-state index contributed by atoms with van der Waals surface area (Å²) in [5.74, 6) is 1.05. The van der Waals surface area contributed by atoms with Crippen LogP contribution in [0.15, 0.2) is 54.6 Å². The minimum atomic E-state index is -0.279. The van der Waals surface area contributed by atoms with Crippen molar-refractivity contribution >= 4 is 23.2 Å². The van der Waals surface area contributed by atoms with Gasteiger partial charge in [-0.3, -0.25) is 10.1 Å². The normalized spacial score (nSPS) is 10.3. The van der Waals surface area contributed by atoms with Crippen molar-refractivity contribution in [2.24, 2.45) is 5.92 Å². The molecule has 0 fully saturated rings. The van der Waals surface area contributed by atoms with E-state index in [2.05, 4.69) is 25.2 Å². The molecule has 2 aromatic rings. The van der Waals surface area contributed by atoms with Gasteiger partial charge in [0.2, 0.25) is 0 Å². The number of benzene rings is 2. The van der Waals surface area contributed by atoms with Crippen LogP contribution in [0.5, 0.6) is 5.75 Å². The Labute approximate surface area is 178 Å². The summed E-state index contributed by atoms with van der Waals surface area (Å²) in [5.41, 5.74) is 1.56. The zero-order chi connectivity index (χ0) is 21.1. The van der Waals surface area contributed by atoms with Crippen LogP contribution in [0.4, 0.5) is 0 Å². The van der Waals surface area contributed by atoms with Crippen LogP contribution in [0.25, 0.3) is 0 Å². The number of amides is 1. The molecule has 2 rings (SSSR count). The number of ether oxygens (including phenoxy) is 1. The molecule has 1 N–H and O–H groups in total. The van der Waals surface area contributed by atoms with Gasteiger partial charge >= 0.3 is 0 Å². The standard InChI is InChI=1S/C23H27N3O2S/c1-18(2)13-16-28-21-11-9-20(10-12-21)22(27)25-23(29)26(15-6-14-24)17-19-7-4-3-5-8-19/h3-5,7-12,18H,6,13,15-17H2,1-2H3,(H,25,27,29). The van der Waals surface area contributed by atoms with E-state index >= 15 is 0 Å². The van der Waals surface area contributed by atoms with Crippen molar-refractivity contribution in [1.82, 2.24) is 10.2 Å². The fraction of sp³-hybridized carbons (Fsp3) is 0.348. The molecule has 6 heteroatoms. The van der Waals surface area contributed by atoms with Crippen LogP contribution in [0.1, 0.15) is 42.6 Å². The third-order valence-electron chi connectivity index (χ3n) is 4.30. The van der Waals surface area contributed by atoms with Crippen molar-refractivity contribution in [2.45, 2.75) is 33.2 Å². The number of nitrogens with one attached hydrogen (secondary N) is 1. The molecule has 1 amide bonds. The zero-order valence-electron chi connectivity index (χ0n) is 16.9. The molecular weight excluding hydrogens is 382 g/mol. The number of thiocarbonyl (C=S) groups is 1. The van der Waals surface area contributed by atoms with Crippen molar-refractivity contribution in [3.8, 4) is 11.8 Å². The lowest BCUT2D eigenvalue weighted by Gasteiger charge is -2.24. The second kappa shape index (κ2) is 11.8. The maximum Gasteiger partial charge on any atom is 0.257 e. The Kier molecular flexibility index (Phi) is 9.13. The topological polar surface area (TPSA) is 65.4 Å². The monoisotopic (exact) mass is 409 g/mol. The van der Waals surface area contributed by atoms with Crippen molar-refractivity contribution in [3.63, 3.8) is 0 Å². The van der Waals surface area contributed by atoms with E-state index in [-0.39, 0.29) is 5.91 Å². The highest BCUT2D eigenvalue weighted by Gasteiger charge is 2.14. The van der Waals surface area contributed by atoms with Gasteiger partial charge in [0.05, 0.1) is 19.1 Å². The number of carbonyl (C=O) groups excluding carboxylic acids is 1. The zero-order valence-corrected chi connectivity index (χ0v) is 17.7. The van der Waals surface area contributed by atoms with Crippen LogP contribution in [0.3, 0.4) is 0 Å². The number of hydrogen-bond donors (Lipinski definition) is 1. The van der Waals surface area contributed by atoms with Crippen molar-refractivity contribution in [3.05, 3.63) is 65.7 Å². The highest BCUT2D eigenvalue weighted by atomic mass is 32.1. The maximum atomic E-state index is 12.6. The molecule has 5 nitrogen and oxygen atoms in total. The van der Waals surface area contributed by atoms with Gasteiger partial charge in [-0.25, -0.2) is 0 Å². The van der Waals surface area contributed by atoms with Crippen LogP contribution in [-0.4, -0.2) is 29.1 Å². The highest BCUT2D eigenvalue weighted by Crippen LogP contribution is 2.14. The lowest BCUT2D eigenvalue weighted by molar-refractivity contribution is 0.0973. The molecule has 0 heterocycles. The molecule has 2 aromatic carbocycles. The fourth-order valence-corrected chi connectivity index (χ4v) is 2.85. The van der Waals surface area contributed by atoms with E-state index < -0.39 is 0 Å². The van der Waals surface area contributed by atoms with Gasteiger partial charge in [0, 0.05) is 18.7 Å². The summed E-state index contributed by atoms with van der Waals surface area (Å²) in [6.07, 6.45) is 1.31. The molecule has 0 saturated heterocycles. The number of nitriles is 1. The molecule has 0 aromatic heterocycles. The fourth-order valence-electron chi connectivity index (χ4n) is 2.60. The second-order valence-electron chi connectivity index (χ2n) is 7.13. The summed E-state index contributed by atoms with van der Waals surface area (Å²) in [5, 5.41) is 12.0. The predicted octanol–water partition coefficient (Wildman–Crippen LogP) is 4.54. The van der Waals surface area contributed by atoms with Crippen LogP contribution in [0.2, 0.25) is 0 Å². The summed E-state index contributed by atoms with van der Waals surface area (Å²) < 4.78 is 5.69. The van der Waals surface area contributed by atoms with E-state index in [9.17, 15) is 4.79 Å². The summed E-state index contributed by atoms with van der Waals surface area (Å²) >= 11 is 5.43. The first-order chi connectivity index (χ1) is 14.0. The molecule has 152 valence electrons. The van der Waals surface area contributed by atoms with E-state index in [4.69, 9.17) is 22.2 Å². The van der Waals surface area contributed by atoms with E-state index in [0.29, 0.717) is 42.7 Å². The lowest BCUT2D eigenvalue weighted by Crippen LogP contribution is -2.42. The van der Waals surface area contributed by atoms with E-state index in [1.54, 1.807) is 24.3 Å².